The van der Waals surface area contributed by atoms with E-state index >= 15 is 0 Å². The number of hydrogen-bond donors (Lipinski definition) is 1. The van der Waals surface area contributed by atoms with Crippen LogP contribution in [0.1, 0.15) is 23.1 Å². The number of rotatable bonds is 8. The van der Waals surface area contributed by atoms with Crippen molar-refractivity contribution in [3.8, 4) is 0 Å². The molecule has 1 N–H and O–H groups in total. The summed E-state index contributed by atoms with van der Waals surface area (Å²) in [4.78, 5) is 33.1. The highest BCUT2D eigenvalue weighted by Gasteiger charge is 2.32. The van der Waals surface area contributed by atoms with Gasteiger partial charge in [-0.2, -0.15) is 0 Å². The highest BCUT2D eigenvalue weighted by Crippen LogP contribution is 2.33. The van der Waals surface area contributed by atoms with Crippen LogP contribution in [-0.4, -0.2) is 37.6 Å². The number of carbonyl (C=O) groups is 1. The highest BCUT2D eigenvalue weighted by molar-refractivity contribution is 8.26. The second kappa shape index (κ2) is 10.1. The first-order valence-corrected chi connectivity index (χ1v) is 11.9. The fourth-order valence-corrected chi connectivity index (χ4v) is 4.95. The van der Waals surface area contributed by atoms with Crippen LogP contribution in [0.3, 0.4) is 0 Å². The van der Waals surface area contributed by atoms with Gasteiger partial charge in [0.15, 0.2) is 0 Å². The maximum Gasteiger partial charge on any atom is 0.267 e. The van der Waals surface area contributed by atoms with Gasteiger partial charge in [0, 0.05) is 19.3 Å². The van der Waals surface area contributed by atoms with Crippen LogP contribution in [0, 0.1) is 6.92 Å². The Hall–Kier alpha value is -3.23. The van der Waals surface area contributed by atoms with Crippen LogP contribution < -0.4 is 10.9 Å². The lowest BCUT2D eigenvalue weighted by molar-refractivity contribution is -0.122. The molecule has 0 saturated carbocycles. The Kier molecular flexibility index (Phi) is 7.05. The Morgan fingerprint density at radius 1 is 1.18 bits per heavy atom. The van der Waals surface area contributed by atoms with Gasteiger partial charge in [0.2, 0.25) is 0 Å². The Morgan fingerprint density at radius 3 is 2.73 bits per heavy atom. The molecule has 0 bridgehead atoms. The largest absolute Gasteiger partial charge is 0.366 e. The van der Waals surface area contributed by atoms with Crippen LogP contribution in [0.5, 0.6) is 0 Å². The number of amides is 1. The van der Waals surface area contributed by atoms with Crippen LogP contribution >= 0.6 is 24.0 Å². The van der Waals surface area contributed by atoms with Crippen molar-refractivity contribution in [3.63, 3.8) is 0 Å². The quantitative estimate of drug-likeness (QED) is 0.295. The zero-order valence-electron chi connectivity index (χ0n) is 18.3. The van der Waals surface area contributed by atoms with Crippen LogP contribution in [0.15, 0.2) is 71.0 Å². The standard InChI is InChI=1S/C25H24N4O2S2/c1-3-13-26-21-19(23(30)28-14-7-9-17(2)22(28)27-21)16-20-24(31)29(25(32)33-20)15-8-12-18-10-5-4-6-11-18/h3-7,9-11,14,16,26H,1,8,12-13,15H2,2H3. The van der Waals surface area contributed by atoms with Gasteiger partial charge in [0.25, 0.3) is 11.5 Å². The Labute approximate surface area is 202 Å². The minimum Gasteiger partial charge on any atom is -0.366 e. The second-order valence-electron chi connectivity index (χ2n) is 7.66. The zero-order valence-corrected chi connectivity index (χ0v) is 19.9. The van der Waals surface area contributed by atoms with E-state index in [2.05, 4.69) is 29.0 Å². The number of thiocarbonyl (C=S) groups is 1. The number of aryl methyl sites for hydroxylation is 2. The van der Waals surface area contributed by atoms with E-state index in [0.717, 1.165) is 18.4 Å². The molecule has 0 aliphatic carbocycles. The molecule has 1 aliphatic heterocycles. The van der Waals surface area contributed by atoms with Gasteiger partial charge < -0.3 is 5.32 Å². The van der Waals surface area contributed by atoms with E-state index in [1.807, 2.05) is 31.2 Å². The zero-order chi connectivity index (χ0) is 23.4. The van der Waals surface area contributed by atoms with E-state index in [1.54, 1.807) is 29.3 Å². The highest BCUT2D eigenvalue weighted by atomic mass is 32.2. The molecule has 1 aromatic carbocycles. The van der Waals surface area contributed by atoms with Crippen molar-refractivity contribution in [3.05, 3.63) is 93.3 Å². The lowest BCUT2D eigenvalue weighted by Crippen LogP contribution is -2.29. The van der Waals surface area contributed by atoms with Gasteiger partial charge in [-0.1, -0.05) is 66.5 Å². The van der Waals surface area contributed by atoms with Crippen LogP contribution in [0.2, 0.25) is 0 Å². The molecule has 0 atom stereocenters. The molecule has 0 unspecified atom stereocenters. The summed E-state index contributed by atoms with van der Waals surface area (Å²) in [5, 5.41) is 3.13. The van der Waals surface area contributed by atoms with Gasteiger partial charge in [-0.05, 0) is 43.0 Å². The number of carbonyl (C=O) groups excluding carboxylic acids is 1. The van der Waals surface area contributed by atoms with Gasteiger partial charge >= 0.3 is 0 Å². The summed E-state index contributed by atoms with van der Waals surface area (Å²) in [7, 11) is 0. The molecule has 33 heavy (non-hydrogen) atoms. The molecule has 0 spiro atoms. The fourth-order valence-electron chi connectivity index (χ4n) is 3.66. The lowest BCUT2D eigenvalue weighted by Gasteiger charge is -2.14. The second-order valence-corrected chi connectivity index (χ2v) is 9.33. The summed E-state index contributed by atoms with van der Waals surface area (Å²) in [6, 6.07) is 13.9. The number of benzene rings is 1. The van der Waals surface area contributed by atoms with E-state index < -0.39 is 0 Å². The first-order chi connectivity index (χ1) is 16.0. The number of thioether (sulfide) groups is 1. The number of nitrogens with zero attached hydrogens (tertiary/aromatic N) is 3. The average Bonchev–Trinajstić information content (AvgIpc) is 3.08. The molecule has 4 rings (SSSR count). The summed E-state index contributed by atoms with van der Waals surface area (Å²) in [5.74, 6) is 0.241. The number of hydrogen-bond acceptors (Lipinski definition) is 6. The van der Waals surface area contributed by atoms with Crippen LogP contribution in [0.4, 0.5) is 5.82 Å². The van der Waals surface area contributed by atoms with E-state index in [1.165, 1.54) is 21.7 Å². The van der Waals surface area contributed by atoms with Crippen molar-refractivity contribution in [2.45, 2.75) is 19.8 Å². The third-order valence-electron chi connectivity index (χ3n) is 5.34. The smallest absolute Gasteiger partial charge is 0.267 e. The van der Waals surface area contributed by atoms with E-state index in [-0.39, 0.29) is 11.5 Å². The Morgan fingerprint density at radius 2 is 1.97 bits per heavy atom. The summed E-state index contributed by atoms with van der Waals surface area (Å²) in [5.41, 5.74) is 2.75. The third-order valence-corrected chi connectivity index (χ3v) is 6.71. The molecule has 1 saturated heterocycles. The molecule has 8 heteroatoms. The first kappa shape index (κ1) is 22.9. The van der Waals surface area contributed by atoms with Gasteiger partial charge in [-0.25, -0.2) is 4.98 Å². The van der Waals surface area contributed by atoms with Gasteiger partial charge in [-0.3, -0.25) is 18.9 Å². The molecule has 1 amide bonds. The first-order valence-electron chi connectivity index (χ1n) is 10.7. The number of nitrogens with one attached hydrogen (secondary N) is 1. The van der Waals surface area contributed by atoms with Gasteiger partial charge in [0.05, 0.1) is 10.5 Å². The molecular weight excluding hydrogens is 452 g/mol. The van der Waals surface area contributed by atoms with Crippen molar-refractivity contribution in [2.75, 3.05) is 18.4 Å². The molecule has 2 aromatic heterocycles. The summed E-state index contributed by atoms with van der Waals surface area (Å²) < 4.78 is 2.01. The van der Waals surface area contributed by atoms with Gasteiger partial charge in [-0.15, -0.1) is 6.58 Å². The SMILES string of the molecule is C=CCNc1nc2c(C)cccn2c(=O)c1C=C1SC(=S)N(CCCc2ccccc2)C1=O. The lowest BCUT2D eigenvalue weighted by atomic mass is 10.1. The number of aromatic nitrogens is 2. The minimum atomic E-state index is -0.246. The predicted molar refractivity (Wildman–Crippen MR) is 140 cm³/mol. The Bertz CT molecular complexity index is 1320. The average molecular weight is 477 g/mol. The number of anilines is 1. The van der Waals surface area contributed by atoms with E-state index in [0.29, 0.717) is 39.3 Å². The minimum absolute atomic E-state index is 0.179. The summed E-state index contributed by atoms with van der Waals surface area (Å²) in [6.07, 6.45) is 6.64. The summed E-state index contributed by atoms with van der Waals surface area (Å²) >= 11 is 6.69. The molecule has 3 aromatic rings. The van der Waals surface area contributed by atoms with Crippen molar-refractivity contribution >= 4 is 51.7 Å². The van der Waals surface area contributed by atoms with Crippen molar-refractivity contribution in [1.82, 2.24) is 14.3 Å². The van der Waals surface area contributed by atoms with Crippen molar-refractivity contribution < 1.29 is 4.79 Å². The molecule has 0 radical (unpaired) electrons. The monoisotopic (exact) mass is 476 g/mol. The normalized spacial score (nSPS) is 14.9. The molecule has 168 valence electrons. The molecule has 6 nitrogen and oxygen atoms in total. The van der Waals surface area contributed by atoms with Gasteiger partial charge in [0.1, 0.15) is 15.8 Å². The fraction of sp³-hybridized carbons (Fsp3) is 0.200. The number of fused-ring (bicyclic) bond motifs is 1. The van der Waals surface area contributed by atoms with Crippen molar-refractivity contribution in [1.29, 1.82) is 0 Å². The van der Waals surface area contributed by atoms with Crippen LogP contribution in [0.25, 0.3) is 11.7 Å². The topological polar surface area (TPSA) is 66.7 Å². The predicted octanol–water partition coefficient (Wildman–Crippen LogP) is 4.43. The third kappa shape index (κ3) is 4.91. The van der Waals surface area contributed by atoms with E-state index in [9.17, 15) is 9.59 Å². The van der Waals surface area contributed by atoms with Crippen LogP contribution in [-0.2, 0) is 11.2 Å². The Balaban J connectivity index is 1.62. The van der Waals surface area contributed by atoms with Crippen molar-refractivity contribution in [2.24, 2.45) is 0 Å². The maximum absolute atomic E-state index is 13.3. The maximum atomic E-state index is 13.3. The summed E-state index contributed by atoms with van der Waals surface area (Å²) in [6.45, 7) is 6.60. The molecule has 1 fully saturated rings. The van der Waals surface area contributed by atoms with E-state index in [4.69, 9.17) is 12.2 Å². The molecular formula is C25H24N4O2S2. The molecule has 3 heterocycles. The number of pyridine rings is 1. The molecule has 1 aliphatic rings.